The predicted octanol–water partition coefficient (Wildman–Crippen LogP) is 4.02. The van der Waals surface area contributed by atoms with Crippen molar-refractivity contribution in [2.45, 2.75) is 0 Å². The molecule has 0 saturated heterocycles. The molecule has 0 amide bonds. The van der Waals surface area contributed by atoms with E-state index in [1.54, 1.807) is 0 Å². The van der Waals surface area contributed by atoms with Crippen LogP contribution < -0.4 is 9.47 Å². The molecule has 0 heterocycles. The Morgan fingerprint density at radius 3 is 2.11 bits per heavy atom. The predicted molar refractivity (Wildman–Crippen MR) is 74.6 cm³/mol. The monoisotopic (exact) mass is 256 g/mol. The van der Waals surface area contributed by atoms with E-state index in [1.807, 2.05) is 54.6 Å². The minimum Gasteiger partial charge on any atom is -0.498 e. The lowest BCUT2D eigenvalue weighted by Crippen LogP contribution is -2.03. The quantitative estimate of drug-likeness (QED) is 0.553. The fraction of sp³-hybridized carbons (Fsp3) is 0.125. The standard InChI is InChI=1S/C16H16O3/c1-2-17-12-13-18-14-8-10-16(11-9-14)19-15-6-4-3-5-7-15/h2-11H,1,12-13H2. The second-order valence-corrected chi connectivity index (χ2v) is 3.77. The zero-order chi connectivity index (χ0) is 13.3. The number of para-hydroxylation sites is 1. The highest BCUT2D eigenvalue weighted by Crippen LogP contribution is 2.23. The molecule has 0 aliphatic heterocycles. The van der Waals surface area contributed by atoms with E-state index in [0.29, 0.717) is 13.2 Å². The second kappa shape index (κ2) is 7.11. The Morgan fingerprint density at radius 1 is 0.789 bits per heavy atom. The van der Waals surface area contributed by atoms with Crippen LogP contribution in [0.25, 0.3) is 0 Å². The first-order chi connectivity index (χ1) is 9.38. The summed E-state index contributed by atoms with van der Waals surface area (Å²) in [5.74, 6) is 2.38. The van der Waals surface area contributed by atoms with Crippen molar-refractivity contribution in [2.75, 3.05) is 13.2 Å². The second-order valence-electron chi connectivity index (χ2n) is 3.77. The van der Waals surface area contributed by atoms with Crippen LogP contribution in [-0.4, -0.2) is 13.2 Å². The SMILES string of the molecule is C=COCCOc1ccc(Oc2ccccc2)cc1. The topological polar surface area (TPSA) is 27.7 Å². The number of hydrogen-bond acceptors (Lipinski definition) is 3. The first-order valence-corrected chi connectivity index (χ1v) is 6.07. The van der Waals surface area contributed by atoms with Crippen LogP contribution in [0.2, 0.25) is 0 Å². The van der Waals surface area contributed by atoms with Crippen LogP contribution in [0.15, 0.2) is 67.4 Å². The third kappa shape index (κ3) is 4.39. The van der Waals surface area contributed by atoms with Crippen molar-refractivity contribution in [3.05, 3.63) is 67.4 Å². The molecule has 0 aliphatic rings. The van der Waals surface area contributed by atoms with Crippen molar-refractivity contribution in [2.24, 2.45) is 0 Å². The van der Waals surface area contributed by atoms with Crippen molar-refractivity contribution in [1.29, 1.82) is 0 Å². The minimum absolute atomic E-state index is 0.491. The Morgan fingerprint density at radius 2 is 1.42 bits per heavy atom. The van der Waals surface area contributed by atoms with E-state index >= 15 is 0 Å². The lowest BCUT2D eigenvalue weighted by atomic mass is 10.3. The molecule has 2 aromatic carbocycles. The molecule has 3 heteroatoms. The number of benzene rings is 2. The van der Waals surface area contributed by atoms with Crippen molar-refractivity contribution in [3.8, 4) is 17.2 Å². The van der Waals surface area contributed by atoms with Gasteiger partial charge in [0.05, 0.1) is 6.26 Å². The van der Waals surface area contributed by atoms with Gasteiger partial charge in [0.2, 0.25) is 0 Å². The molecule has 0 unspecified atom stereocenters. The number of rotatable bonds is 7. The molecule has 0 saturated carbocycles. The highest BCUT2D eigenvalue weighted by Gasteiger charge is 1.98. The summed E-state index contributed by atoms with van der Waals surface area (Å²) in [4.78, 5) is 0. The summed E-state index contributed by atoms with van der Waals surface area (Å²) in [6.45, 7) is 4.45. The molecular formula is C16H16O3. The molecule has 98 valence electrons. The van der Waals surface area contributed by atoms with Crippen molar-refractivity contribution < 1.29 is 14.2 Å². The van der Waals surface area contributed by atoms with Gasteiger partial charge in [0.25, 0.3) is 0 Å². The van der Waals surface area contributed by atoms with Gasteiger partial charge in [0, 0.05) is 0 Å². The van der Waals surface area contributed by atoms with E-state index in [1.165, 1.54) is 6.26 Å². The Labute approximate surface area is 113 Å². The largest absolute Gasteiger partial charge is 0.498 e. The third-order valence-electron chi connectivity index (χ3n) is 2.39. The molecule has 2 aromatic rings. The first-order valence-electron chi connectivity index (χ1n) is 6.07. The molecule has 0 aromatic heterocycles. The number of ether oxygens (including phenoxy) is 3. The van der Waals surface area contributed by atoms with E-state index in [9.17, 15) is 0 Å². The maximum atomic E-state index is 5.68. The van der Waals surface area contributed by atoms with Crippen molar-refractivity contribution >= 4 is 0 Å². The van der Waals surface area contributed by atoms with Crippen LogP contribution >= 0.6 is 0 Å². The Balaban J connectivity index is 1.86. The zero-order valence-corrected chi connectivity index (χ0v) is 10.6. The van der Waals surface area contributed by atoms with E-state index in [2.05, 4.69) is 6.58 Å². The van der Waals surface area contributed by atoms with Crippen molar-refractivity contribution in [3.63, 3.8) is 0 Å². The lowest BCUT2D eigenvalue weighted by Gasteiger charge is -2.08. The smallest absolute Gasteiger partial charge is 0.127 e. The zero-order valence-electron chi connectivity index (χ0n) is 10.6. The molecule has 0 radical (unpaired) electrons. The molecule has 0 N–H and O–H groups in total. The summed E-state index contributed by atoms with van der Waals surface area (Å²) < 4.78 is 16.1. The van der Waals surface area contributed by atoms with Crippen LogP contribution in [0.3, 0.4) is 0 Å². The van der Waals surface area contributed by atoms with Gasteiger partial charge in [-0.05, 0) is 36.4 Å². The highest BCUT2D eigenvalue weighted by atomic mass is 16.5. The Hall–Kier alpha value is -2.42. The fourth-order valence-corrected chi connectivity index (χ4v) is 1.52. The average molecular weight is 256 g/mol. The van der Waals surface area contributed by atoms with Crippen LogP contribution in [-0.2, 0) is 4.74 Å². The van der Waals surface area contributed by atoms with E-state index < -0.39 is 0 Å². The molecular weight excluding hydrogens is 240 g/mol. The van der Waals surface area contributed by atoms with Gasteiger partial charge in [-0.2, -0.15) is 0 Å². The van der Waals surface area contributed by atoms with Crippen molar-refractivity contribution in [1.82, 2.24) is 0 Å². The van der Waals surface area contributed by atoms with Gasteiger partial charge >= 0.3 is 0 Å². The Bertz CT molecular complexity index is 491. The van der Waals surface area contributed by atoms with Gasteiger partial charge in [-0.1, -0.05) is 24.8 Å². The van der Waals surface area contributed by atoms with E-state index in [0.717, 1.165) is 17.2 Å². The van der Waals surface area contributed by atoms with Gasteiger partial charge in [0.1, 0.15) is 30.5 Å². The van der Waals surface area contributed by atoms with E-state index in [-0.39, 0.29) is 0 Å². The normalized spacial score (nSPS) is 9.68. The van der Waals surface area contributed by atoms with Gasteiger partial charge < -0.3 is 14.2 Å². The molecule has 3 nitrogen and oxygen atoms in total. The number of hydrogen-bond donors (Lipinski definition) is 0. The fourth-order valence-electron chi connectivity index (χ4n) is 1.52. The van der Waals surface area contributed by atoms with Gasteiger partial charge in [0.15, 0.2) is 0 Å². The molecule has 19 heavy (non-hydrogen) atoms. The molecule has 0 atom stereocenters. The van der Waals surface area contributed by atoms with Crippen LogP contribution in [0.1, 0.15) is 0 Å². The third-order valence-corrected chi connectivity index (χ3v) is 2.39. The van der Waals surface area contributed by atoms with Crippen LogP contribution in [0.5, 0.6) is 17.2 Å². The maximum absolute atomic E-state index is 5.68. The van der Waals surface area contributed by atoms with Gasteiger partial charge in [-0.3, -0.25) is 0 Å². The highest BCUT2D eigenvalue weighted by molar-refractivity contribution is 5.35. The van der Waals surface area contributed by atoms with Crippen LogP contribution in [0.4, 0.5) is 0 Å². The summed E-state index contributed by atoms with van der Waals surface area (Å²) in [5, 5.41) is 0. The maximum Gasteiger partial charge on any atom is 0.127 e. The average Bonchev–Trinajstić information content (AvgIpc) is 2.46. The first kappa shape index (κ1) is 13.0. The Kier molecular flexibility index (Phi) is 4.87. The summed E-state index contributed by atoms with van der Waals surface area (Å²) in [6, 6.07) is 17.1. The van der Waals surface area contributed by atoms with Gasteiger partial charge in [-0.25, -0.2) is 0 Å². The molecule has 2 rings (SSSR count). The van der Waals surface area contributed by atoms with Gasteiger partial charge in [-0.15, -0.1) is 0 Å². The molecule has 0 spiro atoms. The summed E-state index contributed by atoms with van der Waals surface area (Å²) in [7, 11) is 0. The molecule has 0 bridgehead atoms. The molecule has 0 fully saturated rings. The summed E-state index contributed by atoms with van der Waals surface area (Å²) in [5.41, 5.74) is 0. The minimum atomic E-state index is 0.491. The van der Waals surface area contributed by atoms with E-state index in [4.69, 9.17) is 14.2 Å². The summed E-state index contributed by atoms with van der Waals surface area (Å²) in [6.07, 6.45) is 1.40. The lowest BCUT2D eigenvalue weighted by molar-refractivity contribution is 0.179. The van der Waals surface area contributed by atoms with Crippen LogP contribution in [0, 0.1) is 0 Å². The molecule has 0 aliphatic carbocycles. The summed E-state index contributed by atoms with van der Waals surface area (Å²) >= 11 is 0.